The van der Waals surface area contributed by atoms with E-state index in [0.29, 0.717) is 34.3 Å². The van der Waals surface area contributed by atoms with Crippen molar-refractivity contribution in [1.82, 2.24) is 15.1 Å². The van der Waals surface area contributed by atoms with Crippen LogP contribution in [0.4, 0.5) is 11.4 Å². The first-order valence-corrected chi connectivity index (χ1v) is 11.5. The summed E-state index contributed by atoms with van der Waals surface area (Å²) in [4.78, 5) is 25.9. The third kappa shape index (κ3) is 5.53. The number of benzene rings is 3. The number of hydrogen-bond donors (Lipinski definition) is 2. The van der Waals surface area contributed by atoms with Crippen molar-refractivity contribution >= 4 is 28.9 Å². The highest BCUT2D eigenvalue weighted by atomic mass is 35.5. The van der Waals surface area contributed by atoms with E-state index in [4.69, 9.17) is 16.3 Å². The molecule has 0 bridgehead atoms. The third-order valence-electron chi connectivity index (χ3n) is 5.43. The summed E-state index contributed by atoms with van der Waals surface area (Å²) in [7, 11) is 0. The highest BCUT2D eigenvalue weighted by Gasteiger charge is 2.16. The van der Waals surface area contributed by atoms with Gasteiger partial charge in [0.25, 0.3) is 11.5 Å². The zero-order chi connectivity index (χ0) is 24.9. The summed E-state index contributed by atoms with van der Waals surface area (Å²) in [6.45, 7) is 6.37. The Kier molecular flexibility index (Phi) is 7.17. The number of amides is 1. The molecule has 2 N–H and O–H groups in total. The summed E-state index contributed by atoms with van der Waals surface area (Å²) in [5, 5.41) is 10.7. The number of anilines is 2. The maximum atomic E-state index is 13.6. The maximum Gasteiger partial charge on any atom is 0.299 e. The van der Waals surface area contributed by atoms with E-state index in [1.54, 1.807) is 48.5 Å². The van der Waals surface area contributed by atoms with Crippen LogP contribution in [0, 0.1) is 13.8 Å². The number of carbonyl (C=O) groups excluding carboxylic acids is 1. The second kappa shape index (κ2) is 10.4. The van der Waals surface area contributed by atoms with Crippen LogP contribution in [0.1, 0.15) is 28.4 Å². The Morgan fingerprint density at radius 1 is 1.03 bits per heavy atom. The number of carbonyl (C=O) groups is 1. The fraction of sp³-hybridized carbons (Fsp3) is 0.148. The molecule has 0 unspecified atom stereocenters. The van der Waals surface area contributed by atoms with Crippen LogP contribution in [0.15, 0.2) is 77.7 Å². The predicted octanol–water partition coefficient (Wildman–Crippen LogP) is 5.79. The van der Waals surface area contributed by atoms with Crippen molar-refractivity contribution in [3.63, 3.8) is 0 Å². The molecule has 0 radical (unpaired) electrons. The second-order valence-corrected chi connectivity index (χ2v) is 8.43. The van der Waals surface area contributed by atoms with Gasteiger partial charge >= 0.3 is 0 Å². The molecular formula is C27H25ClN4O3. The number of aromatic nitrogens is 2. The largest absolute Gasteiger partial charge is 0.453 e. The summed E-state index contributed by atoms with van der Waals surface area (Å²) in [5.74, 6) is 0.627. The zero-order valence-electron chi connectivity index (χ0n) is 19.6. The predicted molar refractivity (Wildman–Crippen MR) is 139 cm³/mol. The van der Waals surface area contributed by atoms with E-state index in [9.17, 15) is 9.59 Å². The molecule has 8 heteroatoms. The lowest BCUT2D eigenvalue weighted by atomic mass is 10.1. The number of rotatable bonds is 7. The first-order chi connectivity index (χ1) is 16.9. The Morgan fingerprint density at radius 3 is 2.57 bits per heavy atom. The van der Waals surface area contributed by atoms with E-state index < -0.39 is 5.56 Å². The molecule has 0 fully saturated rings. The summed E-state index contributed by atoms with van der Waals surface area (Å²) in [6.07, 6.45) is 1.48. The number of halogens is 1. The average molecular weight is 489 g/mol. The minimum atomic E-state index is -0.433. The lowest BCUT2D eigenvalue weighted by Gasteiger charge is -2.15. The van der Waals surface area contributed by atoms with Gasteiger partial charge in [-0.05, 0) is 80.4 Å². The van der Waals surface area contributed by atoms with Crippen molar-refractivity contribution in [2.45, 2.75) is 20.8 Å². The lowest BCUT2D eigenvalue weighted by Crippen LogP contribution is -2.24. The Morgan fingerprint density at radius 2 is 1.83 bits per heavy atom. The van der Waals surface area contributed by atoms with Gasteiger partial charge in [-0.3, -0.25) is 9.59 Å². The fourth-order valence-corrected chi connectivity index (χ4v) is 3.66. The summed E-state index contributed by atoms with van der Waals surface area (Å²) >= 11 is 6.13. The van der Waals surface area contributed by atoms with Gasteiger partial charge in [0.1, 0.15) is 5.75 Å². The summed E-state index contributed by atoms with van der Waals surface area (Å²) in [5.41, 5.74) is 3.47. The van der Waals surface area contributed by atoms with Crippen molar-refractivity contribution in [1.29, 1.82) is 0 Å². The quantitative estimate of drug-likeness (QED) is 0.344. The van der Waals surface area contributed by atoms with Gasteiger partial charge in [0.15, 0.2) is 11.4 Å². The maximum absolute atomic E-state index is 13.6. The minimum Gasteiger partial charge on any atom is -0.453 e. The van der Waals surface area contributed by atoms with E-state index in [0.717, 1.165) is 11.1 Å². The molecule has 1 amide bonds. The molecule has 0 aliphatic heterocycles. The molecule has 0 atom stereocenters. The van der Waals surface area contributed by atoms with Crippen molar-refractivity contribution in [2.24, 2.45) is 0 Å². The lowest BCUT2D eigenvalue weighted by molar-refractivity contribution is 0.0956. The van der Waals surface area contributed by atoms with Gasteiger partial charge in [-0.2, -0.15) is 9.78 Å². The normalized spacial score (nSPS) is 10.6. The van der Waals surface area contributed by atoms with Crippen LogP contribution >= 0.6 is 11.6 Å². The molecule has 0 saturated carbocycles. The molecule has 0 spiro atoms. The Labute approximate surface area is 208 Å². The molecule has 1 aromatic heterocycles. The SMILES string of the molecule is CCNC(=O)c1cccc(Nc2c(Oc3ccc(C)c(C)c3)cnn(-c3cccc(Cl)c3)c2=O)c1. The molecule has 0 aliphatic carbocycles. The van der Waals surface area contributed by atoms with E-state index in [-0.39, 0.29) is 17.3 Å². The topological polar surface area (TPSA) is 85.2 Å². The first kappa shape index (κ1) is 24.0. The van der Waals surface area contributed by atoms with Crippen molar-refractivity contribution < 1.29 is 9.53 Å². The van der Waals surface area contributed by atoms with E-state index >= 15 is 0 Å². The number of nitrogens with zero attached hydrogens (tertiary/aromatic N) is 2. The average Bonchev–Trinajstić information content (AvgIpc) is 2.84. The van der Waals surface area contributed by atoms with E-state index in [1.807, 2.05) is 39.0 Å². The number of aryl methyl sites for hydroxylation is 2. The Balaban J connectivity index is 1.79. The smallest absolute Gasteiger partial charge is 0.299 e. The van der Waals surface area contributed by atoms with Crippen molar-refractivity contribution in [3.05, 3.63) is 105 Å². The van der Waals surface area contributed by atoms with Gasteiger partial charge in [0, 0.05) is 22.8 Å². The van der Waals surface area contributed by atoms with E-state index in [2.05, 4.69) is 15.7 Å². The van der Waals surface area contributed by atoms with Crippen LogP contribution < -0.4 is 20.9 Å². The van der Waals surface area contributed by atoms with Gasteiger partial charge in [0.2, 0.25) is 0 Å². The second-order valence-electron chi connectivity index (χ2n) is 7.99. The summed E-state index contributed by atoms with van der Waals surface area (Å²) < 4.78 is 7.33. The molecule has 1 heterocycles. The molecule has 4 aromatic rings. The van der Waals surface area contributed by atoms with Crippen LogP contribution in [0.3, 0.4) is 0 Å². The standard InChI is InChI=1S/C27H25ClN4O3/c1-4-29-26(33)19-7-5-9-21(14-19)31-25-24(35-23-12-11-17(2)18(3)13-23)16-30-32(27(25)34)22-10-6-8-20(28)15-22/h5-16,31H,4H2,1-3H3,(H,29,33). The molecule has 0 aliphatic rings. The van der Waals surface area contributed by atoms with Crippen molar-refractivity contribution in [3.8, 4) is 17.2 Å². The number of nitrogens with one attached hydrogen (secondary N) is 2. The molecular weight excluding hydrogens is 464 g/mol. The van der Waals surface area contributed by atoms with Crippen LogP contribution in [-0.2, 0) is 0 Å². The first-order valence-electron chi connectivity index (χ1n) is 11.1. The van der Waals surface area contributed by atoms with Crippen LogP contribution in [-0.4, -0.2) is 22.2 Å². The number of hydrogen-bond acceptors (Lipinski definition) is 5. The monoisotopic (exact) mass is 488 g/mol. The molecule has 35 heavy (non-hydrogen) atoms. The fourth-order valence-electron chi connectivity index (χ4n) is 3.47. The highest BCUT2D eigenvalue weighted by molar-refractivity contribution is 6.30. The van der Waals surface area contributed by atoms with Crippen molar-refractivity contribution in [2.75, 3.05) is 11.9 Å². The van der Waals surface area contributed by atoms with Crippen LogP contribution in [0.25, 0.3) is 5.69 Å². The molecule has 178 valence electrons. The highest BCUT2D eigenvalue weighted by Crippen LogP contribution is 2.30. The van der Waals surface area contributed by atoms with Crippen LogP contribution in [0.2, 0.25) is 5.02 Å². The molecule has 3 aromatic carbocycles. The third-order valence-corrected chi connectivity index (χ3v) is 5.67. The molecule has 0 saturated heterocycles. The number of ether oxygens (including phenoxy) is 1. The van der Waals surface area contributed by atoms with Gasteiger partial charge in [-0.15, -0.1) is 0 Å². The van der Waals surface area contributed by atoms with Gasteiger partial charge in [-0.1, -0.05) is 29.8 Å². The van der Waals surface area contributed by atoms with Gasteiger partial charge in [-0.25, -0.2) is 0 Å². The minimum absolute atomic E-state index is 0.172. The van der Waals surface area contributed by atoms with Crippen LogP contribution in [0.5, 0.6) is 11.5 Å². The Bertz CT molecular complexity index is 1450. The molecule has 7 nitrogen and oxygen atoms in total. The van der Waals surface area contributed by atoms with E-state index in [1.165, 1.54) is 10.9 Å². The van der Waals surface area contributed by atoms with Gasteiger partial charge < -0.3 is 15.4 Å². The Hall–Kier alpha value is -4.10. The zero-order valence-corrected chi connectivity index (χ0v) is 20.4. The summed E-state index contributed by atoms with van der Waals surface area (Å²) in [6, 6.07) is 19.4. The van der Waals surface area contributed by atoms with Gasteiger partial charge in [0.05, 0.1) is 11.9 Å². The molecule has 4 rings (SSSR count).